The molecular weight excluding hydrogens is 200 g/mol. The maximum absolute atomic E-state index is 12.7. The molecule has 1 aromatic rings. The Morgan fingerprint density at radius 3 is 2.73 bits per heavy atom. The monoisotopic (exact) mass is 215 g/mol. The summed E-state index contributed by atoms with van der Waals surface area (Å²) in [5, 5.41) is 7.38. The van der Waals surface area contributed by atoms with Gasteiger partial charge in [-0.2, -0.15) is 5.10 Å². The molecule has 15 heavy (non-hydrogen) atoms. The van der Waals surface area contributed by atoms with Gasteiger partial charge in [0.15, 0.2) is 0 Å². The zero-order chi connectivity index (χ0) is 10.8. The molecule has 0 atom stereocenters. The van der Waals surface area contributed by atoms with E-state index in [4.69, 9.17) is 0 Å². The lowest BCUT2D eigenvalue weighted by atomic mass is 9.92. The van der Waals surface area contributed by atoms with Crippen LogP contribution >= 0.6 is 0 Å². The fraction of sp³-hybridized carbons (Fsp3) is 0.700. The van der Waals surface area contributed by atoms with Crippen molar-refractivity contribution in [3.8, 4) is 0 Å². The van der Waals surface area contributed by atoms with Gasteiger partial charge in [-0.05, 0) is 25.9 Å². The predicted octanol–water partition coefficient (Wildman–Crippen LogP) is 1.82. The molecule has 1 aliphatic rings. The van der Waals surface area contributed by atoms with Crippen molar-refractivity contribution >= 4 is 0 Å². The Kier molecular flexibility index (Phi) is 3.00. The van der Waals surface area contributed by atoms with E-state index >= 15 is 0 Å². The third-order valence-corrected chi connectivity index (χ3v) is 2.85. The molecule has 1 saturated heterocycles. The van der Waals surface area contributed by atoms with Crippen LogP contribution in [0.1, 0.15) is 36.4 Å². The summed E-state index contributed by atoms with van der Waals surface area (Å²) in [5.41, 5.74) is 0.693. The van der Waals surface area contributed by atoms with Gasteiger partial charge in [0.2, 0.25) is 0 Å². The third kappa shape index (κ3) is 2.17. The molecule has 1 aromatic heterocycles. The van der Waals surface area contributed by atoms with Gasteiger partial charge < -0.3 is 5.32 Å². The molecule has 0 aromatic carbocycles. The van der Waals surface area contributed by atoms with E-state index in [0.717, 1.165) is 25.9 Å². The molecule has 2 rings (SSSR count). The maximum Gasteiger partial charge on any atom is 0.267 e. The minimum atomic E-state index is -2.41. The van der Waals surface area contributed by atoms with Crippen LogP contribution in [0.4, 0.5) is 8.78 Å². The Labute approximate surface area is 87.5 Å². The lowest BCUT2D eigenvalue weighted by molar-refractivity contribution is 0.149. The first kappa shape index (κ1) is 10.5. The number of hydrogen-bond acceptors (Lipinski definition) is 2. The standard InChI is InChI=1S/C10H15F2N3/c1-15-6-8(10(11)12)9(14-15)7-2-4-13-5-3-7/h6-7,10,13H,2-5H2,1H3. The van der Waals surface area contributed by atoms with Gasteiger partial charge in [-0.25, -0.2) is 8.78 Å². The van der Waals surface area contributed by atoms with Crippen molar-refractivity contribution in [1.82, 2.24) is 15.1 Å². The first-order chi connectivity index (χ1) is 7.18. The van der Waals surface area contributed by atoms with Crippen LogP contribution in [0, 0.1) is 0 Å². The second kappa shape index (κ2) is 4.26. The van der Waals surface area contributed by atoms with Crippen molar-refractivity contribution in [3.63, 3.8) is 0 Å². The summed E-state index contributed by atoms with van der Waals surface area (Å²) >= 11 is 0. The SMILES string of the molecule is Cn1cc(C(F)F)c(C2CCNCC2)n1. The van der Waals surface area contributed by atoms with Crippen LogP contribution in [0.2, 0.25) is 0 Å². The van der Waals surface area contributed by atoms with Crippen LogP contribution in [0.25, 0.3) is 0 Å². The fourth-order valence-corrected chi connectivity index (χ4v) is 2.10. The van der Waals surface area contributed by atoms with Gasteiger partial charge in [0.1, 0.15) is 0 Å². The minimum absolute atomic E-state index is 0.101. The second-order valence-corrected chi connectivity index (χ2v) is 3.97. The molecular formula is C10H15F2N3. The molecule has 84 valence electrons. The number of alkyl halides is 2. The Bertz CT molecular complexity index is 329. The maximum atomic E-state index is 12.7. The van der Waals surface area contributed by atoms with Crippen LogP contribution < -0.4 is 5.32 Å². The minimum Gasteiger partial charge on any atom is -0.317 e. The van der Waals surface area contributed by atoms with Crippen molar-refractivity contribution < 1.29 is 8.78 Å². The van der Waals surface area contributed by atoms with Crippen LogP contribution in [-0.2, 0) is 7.05 Å². The van der Waals surface area contributed by atoms with E-state index in [1.165, 1.54) is 10.9 Å². The van der Waals surface area contributed by atoms with Crippen LogP contribution in [-0.4, -0.2) is 22.9 Å². The van der Waals surface area contributed by atoms with Crippen molar-refractivity contribution in [2.24, 2.45) is 7.05 Å². The molecule has 1 N–H and O–H groups in total. The molecule has 1 aliphatic heterocycles. The van der Waals surface area contributed by atoms with E-state index in [-0.39, 0.29) is 11.5 Å². The average molecular weight is 215 g/mol. The zero-order valence-electron chi connectivity index (χ0n) is 8.71. The summed E-state index contributed by atoms with van der Waals surface area (Å²) in [6.07, 6.45) is 0.818. The highest BCUT2D eigenvalue weighted by Gasteiger charge is 2.25. The first-order valence-electron chi connectivity index (χ1n) is 5.21. The molecule has 2 heterocycles. The van der Waals surface area contributed by atoms with Gasteiger partial charge in [-0.15, -0.1) is 0 Å². The number of halogens is 2. The summed E-state index contributed by atoms with van der Waals surface area (Å²) in [7, 11) is 1.69. The molecule has 1 fully saturated rings. The Morgan fingerprint density at radius 1 is 1.47 bits per heavy atom. The smallest absolute Gasteiger partial charge is 0.267 e. The number of hydrogen-bond donors (Lipinski definition) is 1. The van der Waals surface area contributed by atoms with E-state index in [0.29, 0.717) is 5.69 Å². The van der Waals surface area contributed by atoms with E-state index in [1.54, 1.807) is 7.05 Å². The quantitative estimate of drug-likeness (QED) is 0.815. The summed E-state index contributed by atoms with van der Waals surface area (Å²) in [6.45, 7) is 1.79. The summed E-state index contributed by atoms with van der Waals surface area (Å²) < 4.78 is 26.9. The molecule has 0 bridgehead atoms. The summed E-state index contributed by atoms with van der Waals surface area (Å²) in [5.74, 6) is 0.191. The Hall–Kier alpha value is -0.970. The highest BCUT2D eigenvalue weighted by atomic mass is 19.3. The zero-order valence-corrected chi connectivity index (χ0v) is 8.71. The number of piperidine rings is 1. The Morgan fingerprint density at radius 2 is 2.13 bits per heavy atom. The molecule has 0 amide bonds. The number of aromatic nitrogens is 2. The van der Waals surface area contributed by atoms with Crippen LogP contribution in [0.15, 0.2) is 6.20 Å². The summed E-state index contributed by atoms with van der Waals surface area (Å²) in [6, 6.07) is 0. The lowest BCUT2D eigenvalue weighted by Gasteiger charge is -2.21. The third-order valence-electron chi connectivity index (χ3n) is 2.85. The van der Waals surface area contributed by atoms with Crippen molar-refractivity contribution in [2.45, 2.75) is 25.2 Å². The number of nitrogens with zero attached hydrogens (tertiary/aromatic N) is 2. The van der Waals surface area contributed by atoms with Gasteiger partial charge in [-0.1, -0.05) is 0 Å². The van der Waals surface area contributed by atoms with Crippen LogP contribution in [0.3, 0.4) is 0 Å². The molecule has 0 unspecified atom stereocenters. The highest BCUT2D eigenvalue weighted by Crippen LogP contribution is 2.31. The van der Waals surface area contributed by atoms with Gasteiger partial charge in [0.25, 0.3) is 6.43 Å². The van der Waals surface area contributed by atoms with E-state index in [9.17, 15) is 8.78 Å². The van der Waals surface area contributed by atoms with Gasteiger partial charge in [0, 0.05) is 19.2 Å². The average Bonchev–Trinajstić information content (AvgIpc) is 2.62. The number of aryl methyl sites for hydroxylation is 1. The molecule has 0 aliphatic carbocycles. The van der Waals surface area contributed by atoms with E-state index in [1.807, 2.05) is 0 Å². The predicted molar refractivity (Wildman–Crippen MR) is 53.0 cm³/mol. The topological polar surface area (TPSA) is 29.9 Å². The molecule has 0 spiro atoms. The summed E-state index contributed by atoms with van der Waals surface area (Å²) in [4.78, 5) is 0. The van der Waals surface area contributed by atoms with Crippen molar-refractivity contribution in [2.75, 3.05) is 13.1 Å². The van der Waals surface area contributed by atoms with Gasteiger partial charge in [0.05, 0.1) is 11.3 Å². The number of rotatable bonds is 2. The molecule has 0 radical (unpaired) electrons. The first-order valence-corrected chi connectivity index (χ1v) is 5.21. The molecule has 0 saturated carbocycles. The Balaban J connectivity index is 2.25. The van der Waals surface area contributed by atoms with Gasteiger partial charge >= 0.3 is 0 Å². The van der Waals surface area contributed by atoms with Gasteiger partial charge in [-0.3, -0.25) is 4.68 Å². The van der Waals surface area contributed by atoms with Crippen molar-refractivity contribution in [3.05, 3.63) is 17.5 Å². The molecule has 5 heteroatoms. The second-order valence-electron chi connectivity index (χ2n) is 3.97. The highest BCUT2D eigenvalue weighted by molar-refractivity contribution is 5.23. The lowest BCUT2D eigenvalue weighted by Crippen LogP contribution is -2.27. The van der Waals surface area contributed by atoms with E-state index in [2.05, 4.69) is 10.4 Å². The fourth-order valence-electron chi connectivity index (χ4n) is 2.10. The van der Waals surface area contributed by atoms with E-state index < -0.39 is 6.43 Å². The van der Waals surface area contributed by atoms with Crippen molar-refractivity contribution in [1.29, 1.82) is 0 Å². The van der Waals surface area contributed by atoms with Crippen LogP contribution in [0.5, 0.6) is 0 Å². The molecule has 3 nitrogen and oxygen atoms in total. The largest absolute Gasteiger partial charge is 0.317 e. The normalized spacial score (nSPS) is 18.7. The number of nitrogens with one attached hydrogen (secondary N) is 1.